The maximum atomic E-state index is 11.2. The maximum absolute atomic E-state index is 11.2. The molecule has 5 aromatic carbocycles. The third kappa shape index (κ3) is 7.03. The smallest absolute Gasteiger partial charge is 0.149 e. The second kappa shape index (κ2) is 13.6. The average Bonchev–Trinajstić information content (AvgIpc) is 3.50. The number of nitrogens with zero attached hydrogens (tertiary/aromatic N) is 3. The first kappa shape index (κ1) is 34.9. The van der Waals surface area contributed by atoms with Crippen molar-refractivity contribution < 1.29 is 5.11 Å². The van der Waals surface area contributed by atoms with Crippen LogP contribution in [0.5, 0.6) is 5.75 Å². The normalized spacial score (nSPS) is 12.2. The van der Waals surface area contributed by atoms with Crippen molar-refractivity contribution in [2.24, 2.45) is 5.92 Å². The molecule has 0 aliphatic heterocycles. The second-order valence-corrected chi connectivity index (χ2v) is 16.5. The van der Waals surface area contributed by atoms with E-state index in [1.54, 1.807) is 6.07 Å². The molecule has 0 spiro atoms. The van der Waals surface area contributed by atoms with Gasteiger partial charge in [0, 0.05) is 23.0 Å². The zero-order valence-corrected chi connectivity index (χ0v) is 31.7. The molecular weight excluding hydrogens is 635 g/mol. The molecule has 0 aliphatic carbocycles. The SMILES string of the molecule is CC(C)Cc1cc(-c2ccccn2)cc(-c2cc(-c3cc(C(C)(C)C)cc(C(C)(C)C)c3)cc3c2nc(-c2ccccc2O)n3-c2ccccc2)c1. The van der Waals surface area contributed by atoms with E-state index >= 15 is 0 Å². The largest absolute Gasteiger partial charge is 0.507 e. The minimum Gasteiger partial charge on any atom is -0.507 e. The lowest BCUT2D eigenvalue weighted by Crippen LogP contribution is -2.16. The summed E-state index contributed by atoms with van der Waals surface area (Å²) in [4.78, 5) is 10.2. The number of fused-ring (bicyclic) bond motifs is 1. The van der Waals surface area contributed by atoms with Crippen LogP contribution >= 0.6 is 0 Å². The van der Waals surface area contributed by atoms with Crippen molar-refractivity contribution >= 4 is 11.0 Å². The first-order valence-electron chi connectivity index (χ1n) is 18.4. The molecule has 262 valence electrons. The van der Waals surface area contributed by atoms with Crippen LogP contribution in [0.1, 0.15) is 72.1 Å². The molecule has 52 heavy (non-hydrogen) atoms. The van der Waals surface area contributed by atoms with Gasteiger partial charge in [0.05, 0.1) is 22.3 Å². The number of benzene rings is 5. The van der Waals surface area contributed by atoms with Gasteiger partial charge in [0.15, 0.2) is 0 Å². The molecule has 0 bridgehead atoms. The van der Waals surface area contributed by atoms with Crippen LogP contribution in [0.3, 0.4) is 0 Å². The molecule has 2 aromatic heterocycles. The summed E-state index contributed by atoms with van der Waals surface area (Å²) in [6, 6.07) is 42.5. The van der Waals surface area contributed by atoms with Crippen LogP contribution < -0.4 is 0 Å². The van der Waals surface area contributed by atoms with Crippen LogP contribution in [0.25, 0.3) is 61.6 Å². The molecule has 0 saturated heterocycles. The van der Waals surface area contributed by atoms with Crippen molar-refractivity contribution in [2.45, 2.75) is 72.6 Å². The summed E-state index contributed by atoms with van der Waals surface area (Å²) in [5.41, 5.74) is 13.8. The van der Waals surface area contributed by atoms with Crippen LogP contribution in [-0.2, 0) is 17.3 Å². The number of para-hydroxylation sites is 2. The van der Waals surface area contributed by atoms with E-state index in [1.807, 2.05) is 42.6 Å². The Morgan fingerprint density at radius 1 is 0.615 bits per heavy atom. The molecule has 0 aliphatic rings. The topological polar surface area (TPSA) is 50.9 Å². The van der Waals surface area contributed by atoms with Crippen molar-refractivity contribution in [2.75, 3.05) is 0 Å². The predicted molar refractivity (Wildman–Crippen MR) is 218 cm³/mol. The van der Waals surface area contributed by atoms with Gasteiger partial charge in [-0.1, -0.05) is 116 Å². The molecular formula is C48H49N3O. The number of aromatic nitrogens is 3. The molecule has 0 saturated carbocycles. The van der Waals surface area contributed by atoms with Gasteiger partial charge in [-0.2, -0.15) is 0 Å². The van der Waals surface area contributed by atoms with E-state index in [9.17, 15) is 5.11 Å². The average molecular weight is 684 g/mol. The van der Waals surface area contributed by atoms with Crippen LogP contribution in [0, 0.1) is 5.92 Å². The molecule has 1 N–H and O–H groups in total. The second-order valence-electron chi connectivity index (χ2n) is 16.5. The molecule has 4 heteroatoms. The fourth-order valence-corrected chi connectivity index (χ4v) is 7.02. The number of hydrogen-bond acceptors (Lipinski definition) is 3. The van der Waals surface area contributed by atoms with Crippen LogP contribution in [0.4, 0.5) is 0 Å². The van der Waals surface area contributed by atoms with Gasteiger partial charge in [-0.05, 0) is 117 Å². The maximum Gasteiger partial charge on any atom is 0.149 e. The molecule has 0 atom stereocenters. The third-order valence-electron chi connectivity index (χ3n) is 9.83. The Balaban J connectivity index is 1.62. The quantitative estimate of drug-likeness (QED) is 0.182. The molecule has 7 aromatic rings. The van der Waals surface area contributed by atoms with E-state index in [0.29, 0.717) is 17.3 Å². The Hall–Kier alpha value is -5.48. The van der Waals surface area contributed by atoms with E-state index < -0.39 is 0 Å². The number of imidazole rings is 1. The molecule has 0 fully saturated rings. The Morgan fingerprint density at radius 3 is 1.88 bits per heavy atom. The summed E-state index contributed by atoms with van der Waals surface area (Å²) >= 11 is 0. The number of phenols is 1. The van der Waals surface area contributed by atoms with E-state index in [0.717, 1.165) is 51.1 Å². The lowest BCUT2D eigenvalue weighted by Gasteiger charge is -2.26. The van der Waals surface area contributed by atoms with Crippen LogP contribution in [-0.4, -0.2) is 19.6 Å². The summed E-state index contributed by atoms with van der Waals surface area (Å²) in [6.07, 6.45) is 2.80. The van der Waals surface area contributed by atoms with Crippen LogP contribution in [0.15, 0.2) is 128 Å². The highest BCUT2D eigenvalue weighted by Crippen LogP contribution is 2.42. The summed E-state index contributed by atoms with van der Waals surface area (Å²) in [6.45, 7) is 18.3. The number of phenolic OH excluding ortho intramolecular Hbond substituents is 1. The minimum atomic E-state index is -0.0322. The van der Waals surface area contributed by atoms with E-state index in [1.165, 1.54) is 22.3 Å². The molecule has 0 amide bonds. The van der Waals surface area contributed by atoms with Crippen LogP contribution in [0.2, 0.25) is 0 Å². The predicted octanol–water partition coefficient (Wildman–Crippen LogP) is 12.6. The van der Waals surface area contributed by atoms with Gasteiger partial charge in [0.1, 0.15) is 11.6 Å². The first-order chi connectivity index (χ1) is 24.8. The lowest BCUT2D eigenvalue weighted by molar-refractivity contribution is 0.477. The van der Waals surface area contributed by atoms with Gasteiger partial charge in [0.2, 0.25) is 0 Å². The zero-order valence-electron chi connectivity index (χ0n) is 31.7. The number of hydrogen-bond donors (Lipinski definition) is 1. The highest BCUT2D eigenvalue weighted by Gasteiger charge is 2.24. The fraction of sp³-hybridized carbons (Fsp3) is 0.250. The van der Waals surface area contributed by atoms with Gasteiger partial charge >= 0.3 is 0 Å². The number of rotatable bonds is 7. The van der Waals surface area contributed by atoms with E-state index in [-0.39, 0.29) is 16.6 Å². The van der Waals surface area contributed by atoms with E-state index in [2.05, 4.69) is 139 Å². The van der Waals surface area contributed by atoms with Crippen molar-refractivity contribution in [3.63, 3.8) is 0 Å². The highest BCUT2D eigenvalue weighted by atomic mass is 16.3. The molecule has 4 nitrogen and oxygen atoms in total. The number of aromatic hydroxyl groups is 1. The third-order valence-corrected chi connectivity index (χ3v) is 9.83. The van der Waals surface area contributed by atoms with Gasteiger partial charge in [-0.3, -0.25) is 9.55 Å². The minimum absolute atomic E-state index is 0.0322. The standard InChI is InChI=1S/C48H49N3O/c1-31(2)22-32-23-35(25-36(24-32)42-19-14-15-21-49-42)41-28-34(33-26-37(47(3,4)5)30-38(27-33)48(6,7)8)29-43-45(41)50-46(40-18-12-13-20-44(40)52)51(43)39-16-10-9-11-17-39/h9-21,23-31,52H,22H2,1-8H3. The molecule has 0 unspecified atom stereocenters. The lowest BCUT2D eigenvalue weighted by atomic mass is 9.78. The molecule has 0 radical (unpaired) electrons. The van der Waals surface area contributed by atoms with Crippen molar-refractivity contribution in [1.29, 1.82) is 0 Å². The van der Waals surface area contributed by atoms with Gasteiger partial charge in [-0.25, -0.2) is 4.98 Å². The first-order valence-corrected chi connectivity index (χ1v) is 18.4. The van der Waals surface area contributed by atoms with E-state index in [4.69, 9.17) is 9.97 Å². The Morgan fingerprint density at radius 2 is 1.25 bits per heavy atom. The molecule has 7 rings (SSSR count). The summed E-state index contributed by atoms with van der Waals surface area (Å²) < 4.78 is 2.20. The summed E-state index contributed by atoms with van der Waals surface area (Å²) in [7, 11) is 0. The Kier molecular flexibility index (Phi) is 9.12. The van der Waals surface area contributed by atoms with Gasteiger partial charge < -0.3 is 5.11 Å². The van der Waals surface area contributed by atoms with Crippen molar-refractivity contribution in [1.82, 2.24) is 14.5 Å². The zero-order chi connectivity index (χ0) is 36.8. The summed E-state index contributed by atoms with van der Waals surface area (Å²) in [5, 5.41) is 11.2. The Labute approximate surface area is 308 Å². The summed E-state index contributed by atoms with van der Waals surface area (Å²) in [5.74, 6) is 1.37. The fourth-order valence-electron chi connectivity index (χ4n) is 7.02. The monoisotopic (exact) mass is 683 g/mol. The molecule has 2 heterocycles. The number of pyridine rings is 1. The highest BCUT2D eigenvalue weighted by molar-refractivity contribution is 6.00. The van der Waals surface area contributed by atoms with Crippen molar-refractivity contribution in [3.8, 4) is 56.3 Å². The van der Waals surface area contributed by atoms with Crippen molar-refractivity contribution in [3.05, 3.63) is 144 Å². The Bertz CT molecular complexity index is 2340. The van der Waals surface area contributed by atoms with Gasteiger partial charge in [0.25, 0.3) is 0 Å². The van der Waals surface area contributed by atoms with Gasteiger partial charge in [-0.15, -0.1) is 0 Å².